The maximum absolute atomic E-state index is 11.6. The number of nitrogens with zero attached hydrogens (tertiary/aromatic N) is 3. The fourth-order valence-electron chi connectivity index (χ4n) is 4.55. The number of ketones is 1. The number of rotatable bonds is 7. The second-order valence-electron chi connectivity index (χ2n) is 9.15. The van der Waals surface area contributed by atoms with E-state index >= 15 is 0 Å². The van der Waals surface area contributed by atoms with Gasteiger partial charge < -0.3 is 20.8 Å². The summed E-state index contributed by atoms with van der Waals surface area (Å²) in [6, 6.07) is 12.1. The number of anilines is 4. The average Bonchev–Trinajstić information content (AvgIpc) is 3.34. The summed E-state index contributed by atoms with van der Waals surface area (Å²) >= 11 is 0. The molecule has 5 rings (SSSR count). The number of benzene rings is 2. The van der Waals surface area contributed by atoms with E-state index in [1.54, 1.807) is 0 Å². The van der Waals surface area contributed by atoms with Crippen LogP contribution in [0.25, 0.3) is 11.1 Å². The third-order valence-electron chi connectivity index (χ3n) is 6.58. The molecule has 198 valence electrons. The second kappa shape index (κ2) is 11.9. The number of hydrogen-bond donors (Lipinski definition) is 4. The largest absolute Gasteiger partial charge is 0.423 e. The van der Waals surface area contributed by atoms with Gasteiger partial charge in [-0.3, -0.25) is 10.2 Å². The van der Waals surface area contributed by atoms with Crippen LogP contribution in [0.3, 0.4) is 0 Å². The highest BCUT2D eigenvalue weighted by molar-refractivity contribution is 6.16. The highest BCUT2D eigenvalue weighted by Gasteiger charge is 2.22. The van der Waals surface area contributed by atoms with Crippen LogP contribution < -0.4 is 16.4 Å². The Morgan fingerprint density at radius 3 is 2.53 bits per heavy atom. The maximum atomic E-state index is 11.6. The summed E-state index contributed by atoms with van der Waals surface area (Å²) in [5.41, 5.74) is 12.2. The first-order valence-corrected chi connectivity index (χ1v) is 13.2. The van der Waals surface area contributed by atoms with E-state index < -0.39 is 0 Å². The van der Waals surface area contributed by atoms with Crippen LogP contribution >= 0.6 is 0 Å². The Morgan fingerprint density at radius 1 is 1.13 bits per heavy atom. The number of nitrogen functional groups attached to an aromatic ring is 1. The minimum absolute atomic E-state index is 0.114. The van der Waals surface area contributed by atoms with Crippen LogP contribution in [-0.2, 0) is 11.2 Å². The van der Waals surface area contributed by atoms with Crippen molar-refractivity contribution in [3.05, 3.63) is 65.0 Å². The predicted octanol–water partition coefficient (Wildman–Crippen LogP) is 6.18. The van der Waals surface area contributed by atoms with Gasteiger partial charge in [0.15, 0.2) is 5.58 Å². The summed E-state index contributed by atoms with van der Waals surface area (Å²) in [6.07, 6.45) is 4.92. The molecule has 0 radical (unpaired) electrons. The molecule has 2 aromatic carbocycles. The zero-order valence-electron chi connectivity index (χ0n) is 22.4. The number of nitrogens with one attached hydrogen (secondary N) is 3. The second-order valence-corrected chi connectivity index (χ2v) is 9.15. The number of nitrogens with two attached hydrogens (primary N) is 1. The third kappa shape index (κ3) is 5.82. The number of fused-ring (bicyclic) bond motifs is 1. The van der Waals surface area contributed by atoms with Gasteiger partial charge in [0.1, 0.15) is 29.3 Å². The molecule has 0 spiro atoms. The molecule has 1 saturated carbocycles. The first kappa shape index (κ1) is 26.8. The summed E-state index contributed by atoms with van der Waals surface area (Å²) < 4.78 is 5.93. The molecular weight excluding hydrogens is 478 g/mol. The fourth-order valence-corrected chi connectivity index (χ4v) is 4.55. The standard InChI is InChI=1S/C27H29N7O2.C2H6/c1-3-16-12-15(2)24-21(13-16)34-27(36-24)33-19-6-4-17(5-7-19)23(28)22-25(29)30-14-31-26(22)32-18-8-10-20(35)11-9-18;1-2/h4-7,12-14,18,28H,3,8-11H2,1-2H3,(H,33,34)(H3,29,30,31,32);1-2H3. The topological polar surface area (TPSA) is 143 Å². The van der Waals surface area contributed by atoms with E-state index in [2.05, 4.69) is 38.6 Å². The van der Waals surface area contributed by atoms with E-state index in [1.807, 2.05) is 51.1 Å². The van der Waals surface area contributed by atoms with Gasteiger partial charge in [0.25, 0.3) is 6.01 Å². The van der Waals surface area contributed by atoms with Gasteiger partial charge >= 0.3 is 0 Å². The Morgan fingerprint density at radius 2 is 1.84 bits per heavy atom. The number of aryl methyl sites for hydroxylation is 2. The van der Waals surface area contributed by atoms with Crippen molar-refractivity contribution in [2.24, 2.45) is 0 Å². The molecule has 0 amide bonds. The predicted molar refractivity (Wildman–Crippen MR) is 152 cm³/mol. The zero-order chi connectivity index (χ0) is 27.2. The lowest BCUT2D eigenvalue weighted by molar-refractivity contribution is -0.120. The van der Waals surface area contributed by atoms with Crippen molar-refractivity contribution in [2.45, 2.75) is 65.8 Å². The molecule has 9 nitrogen and oxygen atoms in total. The van der Waals surface area contributed by atoms with E-state index in [1.165, 1.54) is 11.9 Å². The molecule has 0 atom stereocenters. The van der Waals surface area contributed by atoms with E-state index in [9.17, 15) is 4.79 Å². The number of oxazole rings is 1. The fraction of sp³-hybridized carbons (Fsp3) is 0.345. The maximum Gasteiger partial charge on any atom is 0.300 e. The molecule has 2 aromatic heterocycles. The average molecular weight is 514 g/mol. The molecule has 2 heterocycles. The van der Waals surface area contributed by atoms with Crippen LogP contribution in [0.1, 0.15) is 68.7 Å². The van der Waals surface area contributed by atoms with Crippen molar-refractivity contribution >= 4 is 45.9 Å². The van der Waals surface area contributed by atoms with Gasteiger partial charge in [0.05, 0.1) is 11.3 Å². The number of Topliss-reactive ketones (excluding diaryl/α,β-unsaturated/α-hetero) is 1. The monoisotopic (exact) mass is 513 g/mol. The van der Waals surface area contributed by atoms with Crippen LogP contribution in [0.4, 0.5) is 23.3 Å². The Hall–Kier alpha value is -4.27. The van der Waals surface area contributed by atoms with Gasteiger partial charge in [-0.15, -0.1) is 0 Å². The highest BCUT2D eigenvalue weighted by atomic mass is 16.4. The summed E-state index contributed by atoms with van der Waals surface area (Å²) in [5.74, 6) is 1.04. The van der Waals surface area contributed by atoms with Crippen molar-refractivity contribution in [3.63, 3.8) is 0 Å². The van der Waals surface area contributed by atoms with E-state index in [0.29, 0.717) is 35.8 Å². The molecule has 5 N–H and O–H groups in total. The van der Waals surface area contributed by atoms with Gasteiger partial charge in [0, 0.05) is 30.1 Å². The Kier molecular flexibility index (Phi) is 8.35. The number of carbonyl (C=O) groups excluding carboxylic acids is 1. The van der Waals surface area contributed by atoms with Crippen LogP contribution in [0.2, 0.25) is 0 Å². The summed E-state index contributed by atoms with van der Waals surface area (Å²) in [7, 11) is 0. The number of carbonyl (C=O) groups is 1. The molecule has 0 bridgehead atoms. The number of aromatic nitrogens is 3. The van der Waals surface area contributed by atoms with E-state index in [0.717, 1.165) is 41.6 Å². The first-order valence-electron chi connectivity index (χ1n) is 13.2. The Balaban J connectivity index is 0.00000164. The molecule has 1 fully saturated rings. The molecule has 38 heavy (non-hydrogen) atoms. The van der Waals surface area contributed by atoms with E-state index in [-0.39, 0.29) is 23.4 Å². The molecule has 4 aromatic rings. The van der Waals surface area contributed by atoms with Crippen LogP contribution in [-0.4, -0.2) is 32.5 Å². The van der Waals surface area contributed by atoms with Crippen molar-refractivity contribution in [3.8, 4) is 0 Å². The van der Waals surface area contributed by atoms with Gasteiger partial charge in [0.2, 0.25) is 0 Å². The molecule has 0 aliphatic heterocycles. The van der Waals surface area contributed by atoms with Crippen molar-refractivity contribution in [2.75, 3.05) is 16.4 Å². The minimum Gasteiger partial charge on any atom is -0.423 e. The lowest BCUT2D eigenvalue weighted by Gasteiger charge is -2.24. The SMILES string of the molecule is CC.CCc1cc(C)c2oc(Nc3ccc(C(=N)c4c(N)ncnc4NC4CCC(=O)CC4)cc3)nc2c1. The smallest absolute Gasteiger partial charge is 0.300 e. The van der Waals surface area contributed by atoms with E-state index in [4.69, 9.17) is 15.6 Å². The van der Waals surface area contributed by atoms with Gasteiger partial charge in [-0.1, -0.05) is 39.0 Å². The Labute approximate surface area is 222 Å². The zero-order valence-corrected chi connectivity index (χ0v) is 22.4. The Bertz CT molecular complexity index is 1430. The van der Waals surface area contributed by atoms with Gasteiger partial charge in [-0.25, -0.2) is 9.97 Å². The molecule has 0 unspecified atom stereocenters. The summed E-state index contributed by atoms with van der Waals surface area (Å²) in [6.45, 7) is 8.14. The third-order valence-corrected chi connectivity index (χ3v) is 6.58. The van der Waals surface area contributed by atoms with Gasteiger partial charge in [-0.05, 0) is 55.5 Å². The first-order chi connectivity index (χ1) is 18.4. The number of hydrogen-bond acceptors (Lipinski definition) is 9. The van der Waals surface area contributed by atoms with Crippen LogP contribution in [0.15, 0.2) is 47.1 Å². The quantitative estimate of drug-likeness (QED) is 0.215. The molecule has 1 aliphatic carbocycles. The van der Waals surface area contributed by atoms with Crippen LogP contribution in [0.5, 0.6) is 0 Å². The normalized spacial score (nSPS) is 13.6. The molecule has 1 aliphatic rings. The van der Waals surface area contributed by atoms with Crippen molar-refractivity contribution in [1.82, 2.24) is 15.0 Å². The lowest BCUT2D eigenvalue weighted by Crippen LogP contribution is -2.28. The highest BCUT2D eigenvalue weighted by Crippen LogP contribution is 2.28. The summed E-state index contributed by atoms with van der Waals surface area (Å²) in [5, 5.41) is 15.4. The lowest BCUT2D eigenvalue weighted by atomic mass is 9.94. The molecule has 0 saturated heterocycles. The van der Waals surface area contributed by atoms with Crippen molar-refractivity contribution < 1.29 is 9.21 Å². The van der Waals surface area contributed by atoms with Crippen LogP contribution in [0, 0.1) is 12.3 Å². The van der Waals surface area contributed by atoms with Crippen molar-refractivity contribution in [1.29, 1.82) is 5.41 Å². The van der Waals surface area contributed by atoms with Gasteiger partial charge in [-0.2, -0.15) is 4.98 Å². The minimum atomic E-state index is 0.114. The molecular formula is C29H35N7O2. The molecule has 9 heteroatoms. The summed E-state index contributed by atoms with van der Waals surface area (Å²) in [4.78, 5) is 24.6.